The Labute approximate surface area is 257 Å². The second kappa shape index (κ2) is 11.5. The molecular weight excluding hydrogens is 576 g/mol. The highest BCUT2D eigenvalue weighted by Gasteiger charge is 2.41. The molecule has 3 aliphatic heterocycles. The Bertz CT molecular complexity index is 1880. The molecule has 0 spiro atoms. The molecular formula is C34H36N4O5S. The Kier molecular flexibility index (Phi) is 7.50. The van der Waals surface area contributed by atoms with Crippen molar-refractivity contribution in [3.05, 3.63) is 94.6 Å². The number of aromatic nitrogens is 3. The molecule has 8 rings (SSSR count). The quantitative estimate of drug-likeness (QED) is 0.219. The minimum atomic E-state index is -3.84. The third-order valence-corrected chi connectivity index (χ3v) is 11.1. The maximum Gasteiger partial charge on any atom is 0.306 e. The van der Waals surface area contributed by atoms with Crippen LogP contribution in [0, 0.1) is 6.92 Å². The summed E-state index contributed by atoms with van der Waals surface area (Å²) in [7, 11) is -3.84. The van der Waals surface area contributed by atoms with E-state index in [9.17, 15) is 13.2 Å². The molecule has 0 amide bonds. The van der Waals surface area contributed by atoms with Crippen molar-refractivity contribution in [1.82, 2.24) is 19.3 Å². The standard InChI is InChI=1S/C34H36N4O5S/c1-3-42-33(39)20-27-24-13-12-23-14-16-29(28(23)19-24)38-21-25(43-31-10-6-7-11-32(31)44(38,40)41)9-5-4-8-18-37-30-17-15-26(27)22(2)34(30)35-36-37/h4,6-8,10-13,15,17,19,25,27,29H,3,5,9,14,16,18,20-21H2,1-2H3/b8-4-. The fourth-order valence-electron chi connectivity index (χ4n) is 7.03. The maximum absolute atomic E-state index is 14.3. The van der Waals surface area contributed by atoms with E-state index in [2.05, 4.69) is 46.7 Å². The number of carbonyl (C=O) groups excluding carboxylic acids is 1. The van der Waals surface area contributed by atoms with E-state index in [-0.39, 0.29) is 41.9 Å². The third kappa shape index (κ3) is 4.99. The lowest BCUT2D eigenvalue weighted by atomic mass is 9.84. The summed E-state index contributed by atoms with van der Waals surface area (Å²) >= 11 is 0. The molecule has 4 unspecified atom stereocenters. The van der Waals surface area contributed by atoms with Gasteiger partial charge in [0.05, 0.1) is 37.7 Å². The number of allylic oxidation sites excluding steroid dienone is 2. The van der Waals surface area contributed by atoms with Gasteiger partial charge >= 0.3 is 5.97 Å². The minimum Gasteiger partial charge on any atom is -0.488 e. The van der Waals surface area contributed by atoms with E-state index in [1.54, 1.807) is 22.5 Å². The number of hydrogen-bond acceptors (Lipinski definition) is 7. The number of nitrogens with zero attached hydrogens (tertiary/aromatic N) is 4. The zero-order valence-corrected chi connectivity index (χ0v) is 25.8. The van der Waals surface area contributed by atoms with Crippen molar-refractivity contribution in [3.63, 3.8) is 0 Å². The lowest BCUT2D eigenvalue weighted by molar-refractivity contribution is -0.143. The predicted molar refractivity (Wildman–Crippen MR) is 166 cm³/mol. The molecule has 10 heteroatoms. The molecule has 228 valence electrons. The molecule has 0 N–H and O–H groups in total. The largest absolute Gasteiger partial charge is 0.488 e. The summed E-state index contributed by atoms with van der Waals surface area (Å²) in [6, 6.07) is 17.0. The van der Waals surface area contributed by atoms with Gasteiger partial charge in [0.25, 0.3) is 0 Å². The van der Waals surface area contributed by atoms with Gasteiger partial charge in [0.1, 0.15) is 22.3 Å². The van der Waals surface area contributed by atoms with Crippen molar-refractivity contribution in [3.8, 4) is 5.75 Å². The highest BCUT2D eigenvalue weighted by Crippen LogP contribution is 2.44. The van der Waals surface area contributed by atoms with Crippen LogP contribution in [0.15, 0.2) is 71.6 Å². The number of para-hydroxylation sites is 1. The van der Waals surface area contributed by atoms with Crippen LogP contribution in [-0.2, 0) is 32.5 Å². The van der Waals surface area contributed by atoms with Crippen LogP contribution in [0.5, 0.6) is 5.75 Å². The Morgan fingerprint density at radius 3 is 2.80 bits per heavy atom. The predicted octanol–water partition coefficient (Wildman–Crippen LogP) is 5.61. The van der Waals surface area contributed by atoms with Gasteiger partial charge in [0.15, 0.2) is 0 Å². The monoisotopic (exact) mass is 612 g/mol. The smallest absolute Gasteiger partial charge is 0.306 e. The van der Waals surface area contributed by atoms with Crippen molar-refractivity contribution < 1.29 is 22.7 Å². The zero-order chi connectivity index (χ0) is 30.4. The van der Waals surface area contributed by atoms with Gasteiger partial charge in [0, 0.05) is 5.92 Å². The van der Waals surface area contributed by atoms with E-state index >= 15 is 0 Å². The first-order valence-corrected chi connectivity index (χ1v) is 16.8. The van der Waals surface area contributed by atoms with Crippen LogP contribution in [0.1, 0.15) is 72.4 Å². The molecule has 44 heavy (non-hydrogen) atoms. The van der Waals surface area contributed by atoms with Crippen LogP contribution in [-0.4, -0.2) is 52.9 Å². The molecule has 8 bridgehead atoms. The molecule has 1 aromatic heterocycles. The van der Waals surface area contributed by atoms with E-state index in [0.29, 0.717) is 31.7 Å². The summed E-state index contributed by atoms with van der Waals surface area (Å²) in [6.45, 7) is 4.96. The normalized spacial score (nSPS) is 24.6. The van der Waals surface area contributed by atoms with E-state index in [4.69, 9.17) is 9.47 Å². The van der Waals surface area contributed by atoms with Gasteiger partial charge in [-0.2, -0.15) is 4.31 Å². The number of rotatable bonds is 3. The van der Waals surface area contributed by atoms with Crippen molar-refractivity contribution >= 4 is 27.0 Å². The second-order valence-corrected chi connectivity index (χ2v) is 13.7. The molecule has 4 aliphatic rings. The molecule has 0 fully saturated rings. The Hall–Kier alpha value is -4.02. The van der Waals surface area contributed by atoms with Crippen LogP contribution in [0.25, 0.3) is 11.0 Å². The molecule has 0 saturated carbocycles. The van der Waals surface area contributed by atoms with Crippen LogP contribution in [0.2, 0.25) is 0 Å². The van der Waals surface area contributed by atoms with Gasteiger partial charge < -0.3 is 9.47 Å². The molecule has 3 aromatic carbocycles. The van der Waals surface area contributed by atoms with Gasteiger partial charge in [0.2, 0.25) is 10.0 Å². The molecule has 0 radical (unpaired) electrons. The number of benzene rings is 3. The lowest BCUT2D eigenvalue weighted by Crippen LogP contribution is -2.39. The van der Waals surface area contributed by atoms with Crippen LogP contribution < -0.4 is 4.74 Å². The number of ether oxygens (including phenoxy) is 2. The first kappa shape index (κ1) is 28.7. The summed E-state index contributed by atoms with van der Waals surface area (Å²) in [5.41, 5.74) is 6.76. The van der Waals surface area contributed by atoms with Crippen molar-refractivity contribution in [2.75, 3.05) is 13.2 Å². The van der Waals surface area contributed by atoms with Crippen LogP contribution in [0.4, 0.5) is 0 Å². The number of carbonyl (C=O) groups is 1. The van der Waals surface area contributed by atoms with Gasteiger partial charge in [-0.1, -0.05) is 53.8 Å². The number of fused-ring (bicyclic) bond motifs is 5. The average Bonchev–Trinajstić information content (AvgIpc) is 3.60. The molecule has 9 nitrogen and oxygen atoms in total. The zero-order valence-electron chi connectivity index (χ0n) is 25.0. The van der Waals surface area contributed by atoms with E-state index in [1.807, 2.05) is 30.7 Å². The van der Waals surface area contributed by atoms with Gasteiger partial charge in [-0.3, -0.25) is 4.79 Å². The molecule has 1 aliphatic carbocycles. The summed E-state index contributed by atoms with van der Waals surface area (Å²) in [6.07, 6.45) is 6.87. The van der Waals surface area contributed by atoms with Crippen LogP contribution in [0.3, 0.4) is 0 Å². The number of esters is 1. The fraction of sp³-hybridized carbons (Fsp3) is 0.382. The Morgan fingerprint density at radius 1 is 1.07 bits per heavy atom. The van der Waals surface area contributed by atoms with Gasteiger partial charge in [-0.25, -0.2) is 13.1 Å². The topological polar surface area (TPSA) is 104 Å². The highest BCUT2D eigenvalue weighted by molar-refractivity contribution is 7.89. The summed E-state index contributed by atoms with van der Waals surface area (Å²) < 4.78 is 43.9. The van der Waals surface area contributed by atoms with E-state index in [0.717, 1.165) is 51.7 Å². The summed E-state index contributed by atoms with van der Waals surface area (Å²) in [5.74, 6) is -0.179. The van der Waals surface area contributed by atoms with Crippen molar-refractivity contribution in [1.29, 1.82) is 0 Å². The van der Waals surface area contributed by atoms with E-state index in [1.165, 1.54) is 0 Å². The number of sulfonamides is 1. The van der Waals surface area contributed by atoms with E-state index < -0.39 is 10.0 Å². The highest BCUT2D eigenvalue weighted by atomic mass is 32.2. The Morgan fingerprint density at radius 2 is 1.93 bits per heavy atom. The third-order valence-electron chi connectivity index (χ3n) is 9.21. The van der Waals surface area contributed by atoms with Gasteiger partial charge in [-0.05, 0) is 85.5 Å². The fourth-order valence-corrected chi connectivity index (χ4v) is 8.82. The Balaban J connectivity index is 1.40. The first-order chi connectivity index (χ1) is 21.3. The molecule has 0 saturated heterocycles. The molecule has 4 atom stereocenters. The minimum absolute atomic E-state index is 0.159. The maximum atomic E-state index is 14.3. The SMILES string of the molecule is CCOC(=O)CC1c2ccc3c(c2)C(CC3)N2CC(CC/C=C\Cn3nnc4c(C)c1ccc43)Oc1ccccc1S2(=O)=O. The van der Waals surface area contributed by atoms with Crippen molar-refractivity contribution in [2.45, 2.75) is 75.5 Å². The molecule has 4 heterocycles. The van der Waals surface area contributed by atoms with Crippen molar-refractivity contribution in [2.24, 2.45) is 0 Å². The van der Waals surface area contributed by atoms with Crippen LogP contribution >= 0.6 is 0 Å². The lowest BCUT2D eigenvalue weighted by Gasteiger charge is -2.30. The first-order valence-electron chi connectivity index (χ1n) is 15.4. The summed E-state index contributed by atoms with van der Waals surface area (Å²) in [5, 5.41) is 8.96. The average molecular weight is 613 g/mol. The number of aryl methyl sites for hydroxylation is 2. The van der Waals surface area contributed by atoms with Gasteiger partial charge in [-0.15, -0.1) is 5.10 Å². The summed E-state index contributed by atoms with van der Waals surface area (Å²) in [4.78, 5) is 13.2. The second-order valence-electron chi connectivity index (χ2n) is 11.8. The number of hydrogen-bond donors (Lipinski definition) is 0. The molecule has 4 aromatic rings.